The van der Waals surface area contributed by atoms with Gasteiger partial charge in [-0.2, -0.15) is 0 Å². The number of fused-ring (bicyclic) bond motifs is 2. The first-order valence-corrected chi connectivity index (χ1v) is 11.4. The number of nitrogens with zero attached hydrogens (tertiary/aromatic N) is 3. The van der Waals surface area contributed by atoms with E-state index in [1.165, 1.54) is 0 Å². The molecular weight excluding hydrogens is 472 g/mol. The lowest BCUT2D eigenvalue weighted by atomic mass is 10.1. The number of rotatable bonds is 8. The average Bonchev–Trinajstić information content (AvgIpc) is 3.32. The molecule has 0 bridgehead atoms. The number of urea groups is 1. The number of amides is 2. The van der Waals surface area contributed by atoms with E-state index in [9.17, 15) is 4.79 Å². The van der Waals surface area contributed by atoms with E-state index in [1.807, 2.05) is 24.3 Å². The second-order valence-electron chi connectivity index (χ2n) is 7.91. The number of carbonyl (C=O) groups excluding carboxylic acids is 1. The third-order valence-electron chi connectivity index (χ3n) is 5.41. The van der Waals surface area contributed by atoms with Crippen molar-refractivity contribution in [1.29, 1.82) is 0 Å². The third-order valence-corrected chi connectivity index (χ3v) is 5.41. The van der Waals surface area contributed by atoms with Crippen LogP contribution in [-0.2, 0) is 4.74 Å². The summed E-state index contributed by atoms with van der Waals surface area (Å²) >= 11 is 0. The summed E-state index contributed by atoms with van der Waals surface area (Å²) < 4.78 is 16.7. The lowest BCUT2D eigenvalue weighted by molar-refractivity contribution is 0.147. The maximum atomic E-state index is 12.4. The van der Waals surface area contributed by atoms with Crippen LogP contribution in [0.4, 0.5) is 22.1 Å². The van der Waals surface area contributed by atoms with Gasteiger partial charge in [0.25, 0.3) is 0 Å². The Balaban J connectivity index is 1.27. The molecule has 0 aliphatic rings. The summed E-state index contributed by atoms with van der Waals surface area (Å²) in [5.74, 6) is 1.90. The van der Waals surface area contributed by atoms with Crippen molar-refractivity contribution in [3.8, 4) is 17.2 Å². The van der Waals surface area contributed by atoms with Crippen molar-refractivity contribution in [1.82, 2.24) is 15.0 Å². The van der Waals surface area contributed by atoms with Crippen LogP contribution in [-0.4, -0.2) is 41.3 Å². The molecule has 10 nitrogen and oxygen atoms in total. The molecule has 0 saturated carbocycles. The lowest BCUT2D eigenvalue weighted by Gasteiger charge is -2.12. The number of hydrogen-bond acceptors (Lipinski definition) is 6. The van der Waals surface area contributed by atoms with Gasteiger partial charge in [-0.1, -0.05) is 12.1 Å². The van der Waals surface area contributed by atoms with Crippen LogP contribution < -0.4 is 20.1 Å². The molecule has 0 unspecified atom stereocenters. The predicted molar refractivity (Wildman–Crippen MR) is 141 cm³/mol. The fourth-order valence-corrected chi connectivity index (χ4v) is 3.68. The Labute approximate surface area is 212 Å². The van der Waals surface area contributed by atoms with Crippen molar-refractivity contribution in [3.63, 3.8) is 0 Å². The Kier molecular flexibility index (Phi) is 6.78. The zero-order chi connectivity index (χ0) is 25.6. The van der Waals surface area contributed by atoms with Crippen molar-refractivity contribution in [2.24, 2.45) is 0 Å². The number of aromatic nitrogens is 3. The van der Waals surface area contributed by atoms with Crippen LogP contribution in [0.3, 0.4) is 0 Å². The normalized spacial score (nSPS) is 10.7. The lowest BCUT2D eigenvalue weighted by Crippen LogP contribution is -2.20. The van der Waals surface area contributed by atoms with Crippen LogP contribution in [0.15, 0.2) is 72.9 Å². The number of pyridine rings is 1. The van der Waals surface area contributed by atoms with Gasteiger partial charge < -0.3 is 24.5 Å². The SMILES string of the molecule is [C-]#[N+]c1cc2c(Oc3ccc(NC(=O)Nc4nc5ccccc5[nH]4)cc3)ccnc2cc1OCCOC. The molecule has 37 heavy (non-hydrogen) atoms. The van der Waals surface area contributed by atoms with E-state index < -0.39 is 6.03 Å². The van der Waals surface area contributed by atoms with Gasteiger partial charge in [0.05, 0.1) is 29.7 Å². The van der Waals surface area contributed by atoms with Crippen molar-refractivity contribution in [2.45, 2.75) is 0 Å². The minimum atomic E-state index is -0.428. The molecule has 3 aromatic carbocycles. The molecule has 10 heteroatoms. The summed E-state index contributed by atoms with van der Waals surface area (Å²) in [6.45, 7) is 8.26. The molecule has 184 valence electrons. The Morgan fingerprint density at radius 3 is 2.62 bits per heavy atom. The van der Waals surface area contributed by atoms with E-state index in [-0.39, 0.29) is 0 Å². The maximum Gasteiger partial charge on any atom is 0.326 e. The maximum absolute atomic E-state index is 12.4. The average molecular weight is 495 g/mol. The van der Waals surface area contributed by atoms with Gasteiger partial charge in [0.2, 0.25) is 11.6 Å². The fourth-order valence-electron chi connectivity index (χ4n) is 3.68. The highest BCUT2D eigenvalue weighted by molar-refractivity contribution is 5.99. The molecule has 3 N–H and O–H groups in total. The first-order valence-electron chi connectivity index (χ1n) is 11.4. The van der Waals surface area contributed by atoms with Gasteiger partial charge in [-0.25, -0.2) is 14.6 Å². The largest absolute Gasteiger partial charge is 0.502 e. The Morgan fingerprint density at radius 1 is 1.00 bits per heavy atom. The molecule has 5 aromatic rings. The number of methoxy groups -OCH3 is 1. The summed E-state index contributed by atoms with van der Waals surface area (Å²) in [5.41, 5.74) is 3.17. The number of carbonyl (C=O) groups is 1. The van der Waals surface area contributed by atoms with Gasteiger partial charge in [-0.15, -0.1) is 0 Å². The summed E-state index contributed by atoms with van der Waals surface area (Å²) in [6.07, 6.45) is 1.63. The highest BCUT2D eigenvalue weighted by atomic mass is 16.5. The number of nitrogens with one attached hydrogen (secondary N) is 3. The summed E-state index contributed by atoms with van der Waals surface area (Å²) in [4.78, 5) is 27.7. The van der Waals surface area contributed by atoms with Gasteiger partial charge in [0.1, 0.15) is 23.9 Å². The van der Waals surface area contributed by atoms with Gasteiger partial charge in [0.15, 0.2) is 0 Å². The first kappa shape index (κ1) is 23.6. The van der Waals surface area contributed by atoms with Gasteiger partial charge in [-0.3, -0.25) is 10.3 Å². The van der Waals surface area contributed by atoms with Gasteiger partial charge in [-0.05, 0) is 54.6 Å². The van der Waals surface area contributed by atoms with E-state index in [4.69, 9.17) is 20.8 Å². The quantitative estimate of drug-likeness (QED) is 0.177. The van der Waals surface area contributed by atoms with Crippen molar-refractivity contribution < 1.29 is 19.0 Å². The number of imidazole rings is 1. The first-order chi connectivity index (χ1) is 18.1. The van der Waals surface area contributed by atoms with Crippen LogP contribution in [0.5, 0.6) is 17.2 Å². The number of ether oxygens (including phenoxy) is 3. The van der Waals surface area contributed by atoms with E-state index >= 15 is 0 Å². The zero-order valence-electron chi connectivity index (χ0n) is 19.8. The van der Waals surface area contributed by atoms with E-state index in [2.05, 4.69) is 30.4 Å². The summed E-state index contributed by atoms with van der Waals surface area (Å²) in [6, 6.07) is 19.2. The number of aromatic amines is 1. The van der Waals surface area contributed by atoms with Crippen molar-refractivity contribution in [2.75, 3.05) is 31.0 Å². The van der Waals surface area contributed by atoms with Crippen LogP contribution in [0, 0.1) is 6.57 Å². The highest BCUT2D eigenvalue weighted by Gasteiger charge is 2.12. The number of benzene rings is 3. The standard InChI is InChI=1S/C27H22N6O4/c1-28-23-15-19-22(16-25(23)36-14-13-35-2)29-12-11-24(19)37-18-9-7-17(8-10-18)30-27(34)33-26-31-20-5-3-4-6-21(20)32-26/h3-12,15-16H,13-14H2,2H3,(H3,30,31,32,33,34). The summed E-state index contributed by atoms with van der Waals surface area (Å²) in [5, 5.41) is 6.14. The summed E-state index contributed by atoms with van der Waals surface area (Å²) in [7, 11) is 1.59. The molecule has 0 atom stereocenters. The minimum absolute atomic E-state index is 0.331. The second-order valence-corrected chi connectivity index (χ2v) is 7.91. The molecule has 0 spiro atoms. The van der Waals surface area contributed by atoms with Crippen LogP contribution in [0.1, 0.15) is 0 Å². The molecule has 5 rings (SSSR count). The topological polar surface area (TPSA) is 115 Å². The molecular formula is C27H22N6O4. The molecule has 2 aromatic heterocycles. The smallest absolute Gasteiger partial charge is 0.326 e. The highest BCUT2D eigenvalue weighted by Crippen LogP contribution is 2.37. The Morgan fingerprint density at radius 2 is 1.84 bits per heavy atom. The molecule has 0 saturated heterocycles. The van der Waals surface area contributed by atoms with Crippen LogP contribution in [0.25, 0.3) is 26.8 Å². The van der Waals surface area contributed by atoms with Gasteiger partial charge in [0, 0.05) is 24.4 Å². The number of anilines is 2. The molecule has 0 radical (unpaired) electrons. The molecule has 0 aliphatic heterocycles. The van der Waals surface area contributed by atoms with Crippen LogP contribution in [0.2, 0.25) is 0 Å². The minimum Gasteiger partial charge on any atom is -0.502 e. The van der Waals surface area contributed by atoms with Crippen molar-refractivity contribution in [3.05, 3.63) is 84.3 Å². The second kappa shape index (κ2) is 10.6. The number of H-pyrrole nitrogens is 1. The Hall–Kier alpha value is -5.14. The van der Waals surface area contributed by atoms with Gasteiger partial charge >= 0.3 is 6.03 Å². The fraction of sp³-hybridized carbons (Fsp3) is 0.111. The van der Waals surface area contributed by atoms with E-state index in [0.717, 1.165) is 11.0 Å². The molecule has 0 aliphatic carbocycles. The van der Waals surface area contributed by atoms with E-state index in [1.54, 1.807) is 55.8 Å². The predicted octanol–water partition coefficient (Wildman–Crippen LogP) is 6.12. The zero-order valence-corrected chi connectivity index (χ0v) is 19.8. The number of hydrogen-bond donors (Lipinski definition) is 3. The van der Waals surface area contributed by atoms with Crippen molar-refractivity contribution >= 4 is 45.3 Å². The van der Waals surface area contributed by atoms with E-state index in [0.29, 0.717) is 58.7 Å². The monoisotopic (exact) mass is 494 g/mol. The third kappa shape index (κ3) is 5.42. The molecule has 2 heterocycles. The Bertz CT molecular complexity index is 1570. The van der Waals surface area contributed by atoms with Crippen LogP contribution >= 0.6 is 0 Å². The molecule has 2 amide bonds. The number of para-hydroxylation sites is 2. The molecule has 0 fully saturated rings.